The van der Waals surface area contributed by atoms with Crippen molar-refractivity contribution in [1.29, 1.82) is 5.26 Å². The SMILES string of the molecule is CC(NS(=O)C1CC1)c1cn(CC(C)(C)C)c2cc(-c3ncc(F)cc3C#N)c(F)cc12. The van der Waals surface area contributed by atoms with Gasteiger partial charge in [0.2, 0.25) is 0 Å². The Balaban J connectivity index is 1.86. The fourth-order valence-corrected chi connectivity index (χ4v) is 5.09. The van der Waals surface area contributed by atoms with E-state index in [2.05, 4.69) is 35.0 Å². The van der Waals surface area contributed by atoms with Crippen molar-refractivity contribution >= 4 is 21.9 Å². The van der Waals surface area contributed by atoms with Crippen LogP contribution < -0.4 is 4.72 Å². The molecule has 2 heterocycles. The van der Waals surface area contributed by atoms with Crippen molar-refractivity contribution in [2.75, 3.05) is 0 Å². The van der Waals surface area contributed by atoms with Crippen molar-refractivity contribution in [3.8, 4) is 17.3 Å². The quantitative estimate of drug-likeness (QED) is 0.542. The van der Waals surface area contributed by atoms with E-state index in [0.717, 1.165) is 36.2 Å². The first-order valence-electron chi connectivity index (χ1n) is 10.6. The molecule has 1 aromatic carbocycles. The Morgan fingerprint density at radius 2 is 2.03 bits per heavy atom. The maximum Gasteiger partial charge on any atom is 0.142 e. The van der Waals surface area contributed by atoms with Crippen LogP contribution in [0.1, 0.15) is 57.7 Å². The lowest BCUT2D eigenvalue weighted by Crippen LogP contribution is -2.24. The van der Waals surface area contributed by atoms with E-state index < -0.39 is 22.6 Å². The van der Waals surface area contributed by atoms with E-state index in [0.29, 0.717) is 11.9 Å². The van der Waals surface area contributed by atoms with Gasteiger partial charge in [-0.2, -0.15) is 5.26 Å². The van der Waals surface area contributed by atoms with Gasteiger partial charge >= 0.3 is 0 Å². The summed E-state index contributed by atoms with van der Waals surface area (Å²) >= 11 is 0. The van der Waals surface area contributed by atoms with Gasteiger partial charge in [0.05, 0.1) is 28.4 Å². The van der Waals surface area contributed by atoms with E-state index in [9.17, 15) is 13.9 Å². The molecule has 5 nitrogen and oxygen atoms in total. The van der Waals surface area contributed by atoms with Crippen molar-refractivity contribution in [2.45, 2.75) is 58.4 Å². The van der Waals surface area contributed by atoms with Crippen molar-refractivity contribution in [3.05, 3.63) is 53.4 Å². The molecule has 168 valence electrons. The zero-order valence-corrected chi connectivity index (χ0v) is 19.4. The lowest BCUT2D eigenvalue weighted by atomic mass is 9.96. The molecule has 32 heavy (non-hydrogen) atoms. The molecule has 1 aliphatic rings. The Morgan fingerprint density at radius 3 is 2.66 bits per heavy atom. The number of pyridine rings is 1. The first-order valence-corrected chi connectivity index (χ1v) is 11.8. The monoisotopic (exact) mass is 456 g/mol. The summed E-state index contributed by atoms with van der Waals surface area (Å²) in [7, 11) is -1.12. The average Bonchev–Trinajstić information content (AvgIpc) is 3.51. The molecule has 0 amide bonds. The van der Waals surface area contributed by atoms with E-state index in [-0.39, 0.29) is 33.5 Å². The predicted octanol–water partition coefficient (Wildman–Crippen LogP) is 5.38. The van der Waals surface area contributed by atoms with Crippen LogP contribution in [0, 0.1) is 28.4 Å². The molecule has 0 saturated heterocycles. The van der Waals surface area contributed by atoms with E-state index >= 15 is 4.39 Å². The van der Waals surface area contributed by atoms with Crippen molar-refractivity contribution in [1.82, 2.24) is 14.3 Å². The van der Waals surface area contributed by atoms with Crippen LogP contribution in [0.4, 0.5) is 8.78 Å². The fourth-order valence-electron chi connectivity index (χ4n) is 3.86. The number of aromatic nitrogens is 2. The fraction of sp³-hybridized carbons (Fsp3) is 0.417. The molecule has 0 aliphatic heterocycles. The van der Waals surface area contributed by atoms with Gasteiger partial charge in [0.15, 0.2) is 0 Å². The average molecular weight is 457 g/mol. The van der Waals surface area contributed by atoms with Gasteiger partial charge in [-0.15, -0.1) is 0 Å². The van der Waals surface area contributed by atoms with Gasteiger partial charge < -0.3 is 4.57 Å². The number of fused-ring (bicyclic) bond motifs is 1. The van der Waals surface area contributed by atoms with Gasteiger partial charge in [0.1, 0.15) is 17.7 Å². The van der Waals surface area contributed by atoms with E-state index in [1.165, 1.54) is 6.07 Å². The van der Waals surface area contributed by atoms with Crippen molar-refractivity contribution in [2.24, 2.45) is 5.41 Å². The van der Waals surface area contributed by atoms with Crippen LogP contribution in [0.3, 0.4) is 0 Å². The second-order valence-corrected chi connectivity index (χ2v) is 11.1. The van der Waals surface area contributed by atoms with Crippen LogP contribution in [0.15, 0.2) is 30.6 Å². The first-order chi connectivity index (χ1) is 15.1. The van der Waals surface area contributed by atoms with Gasteiger partial charge in [-0.1, -0.05) is 20.8 Å². The summed E-state index contributed by atoms with van der Waals surface area (Å²) in [6.45, 7) is 8.94. The van der Waals surface area contributed by atoms with Gasteiger partial charge in [-0.3, -0.25) is 4.98 Å². The summed E-state index contributed by atoms with van der Waals surface area (Å²) in [5.74, 6) is -1.19. The predicted molar refractivity (Wildman–Crippen MR) is 122 cm³/mol. The second kappa shape index (κ2) is 8.38. The minimum absolute atomic E-state index is 0.0211. The van der Waals surface area contributed by atoms with Crippen molar-refractivity contribution < 1.29 is 13.0 Å². The molecule has 1 N–H and O–H groups in total. The summed E-state index contributed by atoms with van der Waals surface area (Å²) in [6, 6.07) is 5.84. The summed E-state index contributed by atoms with van der Waals surface area (Å²) in [5.41, 5.74) is 1.84. The molecule has 4 rings (SSSR count). The summed E-state index contributed by atoms with van der Waals surface area (Å²) < 4.78 is 46.5. The van der Waals surface area contributed by atoms with Crippen molar-refractivity contribution in [3.63, 3.8) is 0 Å². The molecule has 2 atom stereocenters. The minimum Gasteiger partial charge on any atom is -0.347 e. The highest BCUT2D eigenvalue weighted by Gasteiger charge is 2.30. The standard InChI is InChI=1S/C24H26F2N4OS/c1-14(29-32(31)17-5-6-17)20-12-30(13-24(2,3)4)22-9-19(21(26)8-18(20)22)23-15(10-27)7-16(25)11-28-23/h7-9,11-12,14,17,29H,5-6,13H2,1-4H3. The number of halogens is 2. The number of hydrogen-bond acceptors (Lipinski definition) is 3. The lowest BCUT2D eigenvalue weighted by Gasteiger charge is -2.20. The Morgan fingerprint density at radius 1 is 1.31 bits per heavy atom. The maximum atomic E-state index is 15.3. The van der Waals surface area contributed by atoms with Crippen LogP contribution in [-0.4, -0.2) is 19.0 Å². The molecular weight excluding hydrogens is 430 g/mol. The summed E-state index contributed by atoms with van der Waals surface area (Å²) in [4.78, 5) is 4.00. The zero-order valence-electron chi connectivity index (χ0n) is 18.6. The third kappa shape index (κ3) is 4.59. The number of hydrogen-bond donors (Lipinski definition) is 1. The number of benzene rings is 1. The Kier molecular flexibility index (Phi) is 5.91. The Hall–Kier alpha value is -2.63. The van der Waals surface area contributed by atoms with E-state index in [4.69, 9.17) is 0 Å². The molecule has 0 bridgehead atoms. The number of nitrogens with one attached hydrogen (secondary N) is 1. The van der Waals surface area contributed by atoms with Crippen LogP contribution in [0.2, 0.25) is 0 Å². The van der Waals surface area contributed by atoms with Crippen LogP contribution in [0.5, 0.6) is 0 Å². The normalized spacial score (nSPS) is 16.2. The third-order valence-electron chi connectivity index (χ3n) is 5.46. The van der Waals surface area contributed by atoms with Gasteiger partial charge in [-0.25, -0.2) is 17.7 Å². The number of rotatable bonds is 6. The van der Waals surface area contributed by atoms with E-state index in [1.54, 1.807) is 6.07 Å². The molecule has 1 fully saturated rings. The Labute approximate surface area is 189 Å². The summed E-state index contributed by atoms with van der Waals surface area (Å²) in [6.07, 6.45) is 4.88. The zero-order chi connectivity index (χ0) is 23.2. The molecular formula is C24H26F2N4OS. The van der Waals surface area contributed by atoms with Gasteiger partial charge in [0, 0.05) is 40.5 Å². The highest BCUT2D eigenvalue weighted by Crippen LogP contribution is 2.35. The van der Waals surface area contributed by atoms with Gasteiger partial charge in [0.25, 0.3) is 0 Å². The smallest absolute Gasteiger partial charge is 0.142 e. The largest absolute Gasteiger partial charge is 0.347 e. The molecule has 2 aromatic heterocycles. The summed E-state index contributed by atoms with van der Waals surface area (Å²) in [5, 5.41) is 10.3. The molecule has 0 radical (unpaired) electrons. The first kappa shape index (κ1) is 22.6. The highest BCUT2D eigenvalue weighted by atomic mass is 32.2. The number of nitriles is 1. The molecule has 3 aromatic rings. The Bertz CT molecular complexity index is 1250. The maximum absolute atomic E-state index is 15.3. The second-order valence-electron chi connectivity index (χ2n) is 9.62. The van der Waals surface area contributed by atoms with Crippen LogP contribution in [0.25, 0.3) is 22.2 Å². The van der Waals surface area contributed by atoms with Crippen LogP contribution >= 0.6 is 0 Å². The number of nitrogens with zero attached hydrogens (tertiary/aromatic N) is 3. The minimum atomic E-state index is -1.12. The van der Waals surface area contributed by atoms with E-state index in [1.807, 2.05) is 19.2 Å². The van der Waals surface area contributed by atoms with Gasteiger partial charge in [-0.05, 0) is 48.9 Å². The molecule has 8 heteroatoms. The lowest BCUT2D eigenvalue weighted by molar-refractivity contribution is 0.349. The molecule has 1 saturated carbocycles. The molecule has 1 aliphatic carbocycles. The van der Waals surface area contributed by atoms with Crippen LogP contribution in [-0.2, 0) is 17.5 Å². The topological polar surface area (TPSA) is 70.7 Å². The molecule has 0 spiro atoms. The third-order valence-corrected chi connectivity index (χ3v) is 7.12. The highest BCUT2D eigenvalue weighted by molar-refractivity contribution is 7.84. The molecule has 2 unspecified atom stereocenters.